The first kappa shape index (κ1) is 17.1. The zero-order valence-corrected chi connectivity index (χ0v) is 14.9. The maximum absolute atomic E-state index is 4.10. The van der Waals surface area contributed by atoms with Crippen LogP contribution >= 0.6 is 0 Å². The van der Waals surface area contributed by atoms with Crippen LogP contribution in [0.3, 0.4) is 0 Å². The molecule has 0 unspecified atom stereocenters. The van der Waals surface area contributed by atoms with Gasteiger partial charge in [0.2, 0.25) is 0 Å². The molecule has 1 aliphatic rings. The Morgan fingerprint density at radius 2 is 1.83 bits per heavy atom. The van der Waals surface area contributed by atoms with E-state index in [0.29, 0.717) is 12.1 Å². The van der Waals surface area contributed by atoms with E-state index < -0.39 is 0 Å². The lowest BCUT2D eigenvalue weighted by Crippen LogP contribution is -2.47. The monoisotopic (exact) mass is 323 g/mol. The van der Waals surface area contributed by atoms with Crippen LogP contribution in [-0.4, -0.2) is 47.0 Å². The Bertz CT molecular complexity index is 599. The van der Waals surface area contributed by atoms with Gasteiger partial charge >= 0.3 is 0 Å². The molecule has 0 amide bonds. The number of benzene rings is 1. The van der Waals surface area contributed by atoms with Gasteiger partial charge in [-0.05, 0) is 56.5 Å². The topological polar surface area (TPSA) is 19.4 Å². The van der Waals surface area contributed by atoms with Crippen LogP contribution in [0.5, 0.6) is 0 Å². The highest BCUT2D eigenvalue weighted by Gasteiger charge is 2.27. The second kappa shape index (κ2) is 8.41. The average Bonchev–Trinajstić information content (AvgIpc) is 2.63. The van der Waals surface area contributed by atoms with Gasteiger partial charge in [0.1, 0.15) is 0 Å². The third-order valence-corrected chi connectivity index (χ3v) is 5.34. The number of nitrogens with zero attached hydrogens (tertiary/aromatic N) is 3. The number of likely N-dealkylation sites (tertiary alicyclic amines) is 1. The SMILES string of the molecule is C[C@@H]1C[C@H](N(C)CCc2ccncc2)CCN1Cc1ccccc1. The smallest absolute Gasteiger partial charge is 0.0270 e. The Morgan fingerprint density at radius 3 is 2.54 bits per heavy atom. The Labute approximate surface area is 146 Å². The molecule has 1 fully saturated rings. The van der Waals surface area contributed by atoms with Crippen molar-refractivity contribution in [1.29, 1.82) is 0 Å². The summed E-state index contributed by atoms with van der Waals surface area (Å²) in [5.74, 6) is 0. The predicted octanol–water partition coefficient (Wildman–Crippen LogP) is 3.61. The Hall–Kier alpha value is -1.71. The van der Waals surface area contributed by atoms with E-state index in [1.165, 1.54) is 30.5 Å². The van der Waals surface area contributed by atoms with Gasteiger partial charge in [-0.15, -0.1) is 0 Å². The summed E-state index contributed by atoms with van der Waals surface area (Å²) in [6.45, 7) is 5.78. The number of pyridine rings is 1. The molecule has 3 heteroatoms. The molecule has 2 atom stereocenters. The van der Waals surface area contributed by atoms with Crippen molar-refractivity contribution in [3.63, 3.8) is 0 Å². The summed E-state index contributed by atoms with van der Waals surface area (Å²) < 4.78 is 0. The van der Waals surface area contributed by atoms with Crippen molar-refractivity contribution in [2.24, 2.45) is 0 Å². The van der Waals surface area contributed by atoms with Crippen LogP contribution in [0.4, 0.5) is 0 Å². The molecule has 0 spiro atoms. The van der Waals surface area contributed by atoms with Crippen molar-refractivity contribution in [2.75, 3.05) is 20.1 Å². The van der Waals surface area contributed by atoms with Crippen LogP contribution in [0.15, 0.2) is 54.9 Å². The van der Waals surface area contributed by atoms with E-state index in [1.807, 2.05) is 12.4 Å². The summed E-state index contributed by atoms with van der Waals surface area (Å²) >= 11 is 0. The number of hydrogen-bond acceptors (Lipinski definition) is 3. The molecule has 24 heavy (non-hydrogen) atoms. The molecule has 3 nitrogen and oxygen atoms in total. The van der Waals surface area contributed by atoms with E-state index in [4.69, 9.17) is 0 Å². The molecule has 0 bridgehead atoms. The highest BCUT2D eigenvalue weighted by molar-refractivity contribution is 5.15. The summed E-state index contributed by atoms with van der Waals surface area (Å²) in [7, 11) is 2.28. The van der Waals surface area contributed by atoms with E-state index in [9.17, 15) is 0 Å². The molecule has 1 aliphatic heterocycles. The number of piperidine rings is 1. The lowest BCUT2D eigenvalue weighted by atomic mass is 9.96. The van der Waals surface area contributed by atoms with Crippen LogP contribution in [0, 0.1) is 0 Å². The van der Waals surface area contributed by atoms with Gasteiger partial charge in [-0.1, -0.05) is 30.3 Å². The van der Waals surface area contributed by atoms with Gasteiger partial charge in [0.25, 0.3) is 0 Å². The fraction of sp³-hybridized carbons (Fsp3) is 0.476. The Morgan fingerprint density at radius 1 is 1.08 bits per heavy atom. The van der Waals surface area contributed by atoms with Gasteiger partial charge in [0.15, 0.2) is 0 Å². The summed E-state index contributed by atoms with van der Waals surface area (Å²) in [6, 6.07) is 16.4. The Balaban J connectivity index is 1.47. The van der Waals surface area contributed by atoms with Crippen molar-refractivity contribution in [1.82, 2.24) is 14.8 Å². The molecule has 1 aromatic carbocycles. The second-order valence-corrected chi connectivity index (χ2v) is 7.07. The van der Waals surface area contributed by atoms with Crippen LogP contribution in [0.25, 0.3) is 0 Å². The van der Waals surface area contributed by atoms with Crippen LogP contribution in [0.1, 0.15) is 30.9 Å². The molecular formula is C21H29N3. The molecule has 0 aliphatic carbocycles. The van der Waals surface area contributed by atoms with Crippen LogP contribution in [-0.2, 0) is 13.0 Å². The molecule has 0 saturated carbocycles. The highest BCUT2D eigenvalue weighted by Crippen LogP contribution is 2.23. The van der Waals surface area contributed by atoms with Gasteiger partial charge in [-0.2, -0.15) is 0 Å². The van der Waals surface area contributed by atoms with E-state index in [-0.39, 0.29) is 0 Å². The number of aromatic nitrogens is 1. The zero-order chi connectivity index (χ0) is 16.8. The minimum Gasteiger partial charge on any atom is -0.303 e. The normalized spacial score (nSPS) is 22.0. The first-order valence-corrected chi connectivity index (χ1v) is 9.09. The molecule has 2 aromatic rings. The fourth-order valence-electron chi connectivity index (χ4n) is 3.69. The molecule has 0 N–H and O–H groups in total. The summed E-state index contributed by atoms with van der Waals surface area (Å²) in [6.07, 6.45) is 7.42. The van der Waals surface area contributed by atoms with Gasteiger partial charge < -0.3 is 4.90 Å². The Kier molecular flexibility index (Phi) is 6.00. The van der Waals surface area contributed by atoms with Crippen molar-refractivity contribution >= 4 is 0 Å². The van der Waals surface area contributed by atoms with Crippen molar-refractivity contribution in [3.8, 4) is 0 Å². The standard InChI is InChI=1S/C21H29N3/c1-18-16-21(23(2)14-10-19-8-12-22-13-9-19)11-15-24(18)17-20-6-4-3-5-7-20/h3-9,12-13,18,21H,10-11,14-17H2,1-2H3/t18-,21-/m1/s1. The molecule has 2 heterocycles. The molecule has 1 saturated heterocycles. The van der Waals surface area contributed by atoms with E-state index in [1.54, 1.807) is 0 Å². The zero-order valence-electron chi connectivity index (χ0n) is 14.9. The average molecular weight is 323 g/mol. The first-order chi connectivity index (χ1) is 11.7. The molecular weight excluding hydrogens is 294 g/mol. The summed E-state index contributed by atoms with van der Waals surface area (Å²) in [5, 5.41) is 0. The van der Waals surface area contributed by atoms with Gasteiger partial charge in [-0.3, -0.25) is 9.88 Å². The minimum atomic E-state index is 0.646. The van der Waals surface area contributed by atoms with Gasteiger partial charge in [0.05, 0.1) is 0 Å². The first-order valence-electron chi connectivity index (χ1n) is 9.09. The maximum atomic E-state index is 4.10. The van der Waals surface area contributed by atoms with Crippen LogP contribution < -0.4 is 0 Å². The summed E-state index contributed by atoms with van der Waals surface area (Å²) in [5.41, 5.74) is 2.81. The summed E-state index contributed by atoms with van der Waals surface area (Å²) in [4.78, 5) is 9.28. The maximum Gasteiger partial charge on any atom is 0.0270 e. The quantitative estimate of drug-likeness (QED) is 0.809. The second-order valence-electron chi connectivity index (χ2n) is 7.07. The minimum absolute atomic E-state index is 0.646. The largest absolute Gasteiger partial charge is 0.303 e. The number of hydrogen-bond donors (Lipinski definition) is 0. The van der Waals surface area contributed by atoms with Crippen molar-refractivity contribution < 1.29 is 0 Å². The third kappa shape index (κ3) is 4.65. The molecule has 128 valence electrons. The lowest BCUT2D eigenvalue weighted by molar-refractivity contribution is 0.0809. The third-order valence-electron chi connectivity index (χ3n) is 5.34. The lowest BCUT2D eigenvalue weighted by Gasteiger charge is -2.41. The highest BCUT2D eigenvalue weighted by atomic mass is 15.2. The van der Waals surface area contributed by atoms with Crippen LogP contribution in [0.2, 0.25) is 0 Å². The van der Waals surface area contributed by atoms with E-state index in [2.05, 4.69) is 71.2 Å². The van der Waals surface area contributed by atoms with Gasteiger partial charge in [0, 0.05) is 44.1 Å². The van der Waals surface area contributed by atoms with Gasteiger partial charge in [-0.25, -0.2) is 0 Å². The van der Waals surface area contributed by atoms with Crippen molar-refractivity contribution in [2.45, 2.75) is 44.8 Å². The fourth-order valence-corrected chi connectivity index (χ4v) is 3.69. The van der Waals surface area contributed by atoms with E-state index in [0.717, 1.165) is 19.5 Å². The number of rotatable bonds is 6. The molecule has 0 radical (unpaired) electrons. The predicted molar refractivity (Wildman–Crippen MR) is 99.9 cm³/mol. The van der Waals surface area contributed by atoms with Crippen molar-refractivity contribution in [3.05, 3.63) is 66.0 Å². The van der Waals surface area contributed by atoms with E-state index >= 15 is 0 Å². The molecule has 3 rings (SSSR count). The molecule has 1 aromatic heterocycles. The number of likely N-dealkylation sites (N-methyl/N-ethyl adjacent to an activating group) is 1.